The lowest BCUT2D eigenvalue weighted by Crippen LogP contribution is -2.08. The van der Waals surface area contributed by atoms with E-state index in [0.29, 0.717) is 11.1 Å². The van der Waals surface area contributed by atoms with Crippen molar-refractivity contribution in [2.24, 2.45) is 0 Å². The Morgan fingerprint density at radius 2 is 1.78 bits per heavy atom. The van der Waals surface area contributed by atoms with Gasteiger partial charge in [-0.05, 0) is 35.9 Å². The molecule has 1 heterocycles. The van der Waals surface area contributed by atoms with Crippen molar-refractivity contribution in [2.45, 2.75) is 17.3 Å². The highest BCUT2D eigenvalue weighted by molar-refractivity contribution is 7.90. The summed E-state index contributed by atoms with van der Waals surface area (Å²) in [7, 11) is -3.49. The molecule has 0 bridgehead atoms. The highest BCUT2D eigenvalue weighted by Crippen LogP contribution is 2.18. The summed E-state index contributed by atoms with van der Waals surface area (Å²) in [5.74, 6) is -0.763. The summed E-state index contributed by atoms with van der Waals surface area (Å²) < 4.78 is 30.2. The average Bonchev–Trinajstić information content (AvgIpc) is 2.68. The lowest BCUT2D eigenvalue weighted by molar-refractivity contribution is 0.0472. The van der Waals surface area contributed by atoms with Crippen molar-refractivity contribution in [3.63, 3.8) is 0 Å². The van der Waals surface area contributed by atoms with Gasteiger partial charge in [0.05, 0.1) is 16.2 Å². The van der Waals surface area contributed by atoms with Gasteiger partial charge in [0.1, 0.15) is 11.8 Å². The molecule has 27 heavy (non-hydrogen) atoms. The zero-order chi connectivity index (χ0) is 19.3. The molecule has 0 aliphatic heterocycles. The minimum Gasteiger partial charge on any atom is -0.457 e. The lowest BCUT2D eigenvalue weighted by Gasteiger charge is -2.08. The molecular formula is C20H16ClNO4S. The van der Waals surface area contributed by atoms with Crippen LogP contribution >= 0.6 is 11.6 Å². The standard InChI is InChI=1S/C20H16ClNO4S/c21-19-17(8-5-11-22-19)13-26-20(23)16-7-4-6-15(12-16)14-27(24,25)18-9-2-1-3-10-18/h1-12H,13-14H2. The number of carbonyl (C=O) groups excluding carboxylic acids is 1. The Labute approximate surface area is 162 Å². The fourth-order valence-electron chi connectivity index (χ4n) is 2.47. The van der Waals surface area contributed by atoms with Crippen LogP contribution in [0.4, 0.5) is 0 Å². The Hall–Kier alpha value is -2.70. The number of sulfone groups is 1. The fourth-order valence-corrected chi connectivity index (χ4v) is 4.00. The first kappa shape index (κ1) is 19.1. The van der Waals surface area contributed by atoms with E-state index in [2.05, 4.69) is 4.98 Å². The average molecular weight is 402 g/mol. The molecule has 0 spiro atoms. The van der Waals surface area contributed by atoms with Gasteiger partial charge in [0.15, 0.2) is 9.84 Å². The van der Waals surface area contributed by atoms with Crippen LogP contribution in [0.3, 0.4) is 0 Å². The maximum atomic E-state index is 12.5. The quantitative estimate of drug-likeness (QED) is 0.460. The van der Waals surface area contributed by atoms with Gasteiger partial charge in [-0.1, -0.05) is 48.0 Å². The molecule has 0 amide bonds. The summed E-state index contributed by atoms with van der Waals surface area (Å²) in [6, 6.07) is 18.0. The summed E-state index contributed by atoms with van der Waals surface area (Å²) in [6.45, 7) is -0.0158. The molecule has 0 aliphatic rings. The molecule has 1 aromatic heterocycles. The number of esters is 1. The SMILES string of the molecule is O=C(OCc1cccnc1Cl)c1cccc(CS(=O)(=O)c2ccccc2)c1. The van der Waals surface area contributed by atoms with Crippen LogP contribution in [0.2, 0.25) is 5.15 Å². The third-order valence-electron chi connectivity index (χ3n) is 3.82. The second-order valence-electron chi connectivity index (χ2n) is 5.80. The topological polar surface area (TPSA) is 73.3 Å². The van der Waals surface area contributed by atoms with Crippen LogP contribution in [0.15, 0.2) is 77.8 Å². The van der Waals surface area contributed by atoms with E-state index in [1.54, 1.807) is 66.9 Å². The predicted molar refractivity (Wildman–Crippen MR) is 102 cm³/mol. The van der Waals surface area contributed by atoms with Crippen molar-refractivity contribution in [1.82, 2.24) is 4.98 Å². The van der Waals surface area contributed by atoms with E-state index in [1.807, 2.05) is 0 Å². The van der Waals surface area contributed by atoms with Crippen LogP contribution in [-0.2, 0) is 26.9 Å². The first-order chi connectivity index (χ1) is 13.0. The number of benzene rings is 2. The van der Waals surface area contributed by atoms with Gasteiger partial charge in [-0.3, -0.25) is 0 Å². The van der Waals surface area contributed by atoms with Crippen molar-refractivity contribution >= 4 is 27.4 Å². The van der Waals surface area contributed by atoms with Crippen LogP contribution in [-0.4, -0.2) is 19.4 Å². The number of nitrogens with zero attached hydrogens (tertiary/aromatic N) is 1. The fraction of sp³-hybridized carbons (Fsp3) is 0.100. The Kier molecular flexibility index (Phi) is 5.88. The van der Waals surface area contributed by atoms with E-state index in [0.717, 1.165) is 0 Å². The lowest BCUT2D eigenvalue weighted by atomic mass is 10.1. The van der Waals surface area contributed by atoms with Gasteiger partial charge in [0, 0.05) is 11.8 Å². The number of rotatable bonds is 6. The molecule has 0 saturated carbocycles. The Morgan fingerprint density at radius 3 is 2.52 bits per heavy atom. The highest BCUT2D eigenvalue weighted by Gasteiger charge is 2.16. The monoisotopic (exact) mass is 401 g/mol. The summed E-state index contributed by atoms with van der Waals surface area (Å²) in [6.07, 6.45) is 1.55. The third-order valence-corrected chi connectivity index (χ3v) is 5.86. The maximum Gasteiger partial charge on any atom is 0.338 e. The number of aromatic nitrogens is 1. The number of ether oxygens (including phenoxy) is 1. The Morgan fingerprint density at radius 1 is 1.00 bits per heavy atom. The van der Waals surface area contributed by atoms with E-state index in [-0.39, 0.29) is 28.0 Å². The Balaban J connectivity index is 1.72. The largest absolute Gasteiger partial charge is 0.457 e. The van der Waals surface area contributed by atoms with Gasteiger partial charge in [0.2, 0.25) is 0 Å². The summed E-state index contributed by atoms with van der Waals surface area (Å²) in [5, 5.41) is 0.271. The van der Waals surface area contributed by atoms with Crippen molar-refractivity contribution in [3.05, 3.63) is 94.8 Å². The van der Waals surface area contributed by atoms with Crippen LogP contribution in [0.1, 0.15) is 21.5 Å². The molecule has 5 nitrogen and oxygen atoms in total. The molecule has 7 heteroatoms. The van der Waals surface area contributed by atoms with Gasteiger partial charge >= 0.3 is 5.97 Å². The molecule has 2 aromatic carbocycles. The second-order valence-corrected chi connectivity index (χ2v) is 8.15. The predicted octanol–water partition coefficient (Wildman–Crippen LogP) is 4.07. The van der Waals surface area contributed by atoms with Crippen molar-refractivity contribution in [1.29, 1.82) is 0 Å². The minimum absolute atomic E-state index is 0.0158. The number of halogens is 1. The second kappa shape index (κ2) is 8.33. The number of hydrogen-bond acceptors (Lipinski definition) is 5. The first-order valence-corrected chi connectivity index (χ1v) is 10.1. The minimum atomic E-state index is -3.49. The summed E-state index contributed by atoms with van der Waals surface area (Å²) in [5.41, 5.74) is 1.37. The van der Waals surface area contributed by atoms with Crippen LogP contribution in [0, 0.1) is 0 Å². The number of hydrogen-bond donors (Lipinski definition) is 0. The molecule has 0 unspecified atom stereocenters. The molecule has 0 atom stereocenters. The number of carbonyl (C=O) groups is 1. The third kappa shape index (κ3) is 4.93. The van der Waals surface area contributed by atoms with Gasteiger partial charge in [-0.25, -0.2) is 18.2 Å². The highest BCUT2D eigenvalue weighted by atomic mass is 35.5. The van der Waals surface area contributed by atoms with E-state index in [4.69, 9.17) is 16.3 Å². The smallest absolute Gasteiger partial charge is 0.338 e. The molecule has 0 saturated heterocycles. The summed E-state index contributed by atoms with van der Waals surface area (Å²) in [4.78, 5) is 16.4. The van der Waals surface area contributed by atoms with Gasteiger partial charge in [0.25, 0.3) is 0 Å². The summed E-state index contributed by atoms with van der Waals surface area (Å²) >= 11 is 5.94. The number of pyridine rings is 1. The molecule has 3 rings (SSSR count). The van der Waals surface area contributed by atoms with E-state index in [1.165, 1.54) is 6.07 Å². The molecule has 0 radical (unpaired) electrons. The van der Waals surface area contributed by atoms with Crippen molar-refractivity contribution in [3.8, 4) is 0 Å². The van der Waals surface area contributed by atoms with Crippen LogP contribution in [0.25, 0.3) is 0 Å². The molecule has 0 N–H and O–H groups in total. The van der Waals surface area contributed by atoms with Crippen molar-refractivity contribution < 1.29 is 17.9 Å². The van der Waals surface area contributed by atoms with Gasteiger partial charge < -0.3 is 4.74 Å². The normalized spacial score (nSPS) is 11.1. The van der Waals surface area contributed by atoms with E-state index in [9.17, 15) is 13.2 Å². The molecule has 138 valence electrons. The molecular weight excluding hydrogens is 386 g/mol. The van der Waals surface area contributed by atoms with Crippen LogP contribution < -0.4 is 0 Å². The van der Waals surface area contributed by atoms with Crippen molar-refractivity contribution in [2.75, 3.05) is 0 Å². The van der Waals surface area contributed by atoms with E-state index < -0.39 is 15.8 Å². The first-order valence-electron chi connectivity index (χ1n) is 8.09. The van der Waals surface area contributed by atoms with E-state index >= 15 is 0 Å². The molecule has 0 fully saturated rings. The molecule has 3 aromatic rings. The van der Waals surface area contributed by atoms with Crippen LogP contribution in [0.5, 0.6) is 0 Å². The zero-order valence-electron chi connectivity index (χ0n) is 14.2. The maximum absolute atomic E-state index is 12.5. The van der Waals surface area contributed by atoms with Gasteiger partial charge in [-0.2, -0.15) is 0 Å². The molecule has 0 aliphatic carbocycles. The zero-order valence-corrected chi connectivity index (χ0v) is 15.8. The Bertz CT molecular complexity index is 1050. The van der Waals surface area contributed by atoms with Gasteiger partial charge in [-0.15, -0.1) is 0 Å².